The van der Waals surface area contributed by atoms with E-state index >= 15 is 0 Å². The SMILES string of the molecule is CC/C=C\C/C=C\C/C=C\C/C=C\C/C=C\CCCCCC(=O)OCC(COP(=O)(O)OCC(O)COP(=O)(O)OCC(COC(=O)CCCCCC/C=C\C/C=C\C/C=C\C/C=C\CC)OC(=O)CCCCCCC/C=C\CCCC)OC(=O)CCCCCC/C=C\C/C=C\C/C=C\C/C=C\CC. The molecule has 0 aromatic rings. The van der Waals surface area contributed by atoms with E-state index in [1.807, 2.05) is 0 Å². The van der Waals surface area contributed by atoms with Crippen molar-refractivity contribution in [2.45, 2.75) is 303 Å². The van der Waals surface area contributed by atoms with Gasteiger partial charge in [0.1, 0.15) is 19.3 Å². The lowest BCUT2D eigenvalue weighted by Gasteiger charge is -2.21. The predicted molar refractivity (Wildman–Crippen MR) is 426 cm³/mol. The molecule has 0 aliphatic rings. The van der Waals surface area contributed by atoms with Gasteiger partial charge in [-0.05, 0) is 167 Å². The van der Waals surface area contributed by atoms with Crippen LogP contribution in [0.5, 0.6) is 0 Å². The summed E-state index contributed by atoms with van der Waals surface area (Å²) in [6.45, 7) is 4.37. The minimum absolute atomic E-state index is 0.0524. The van der Waals surface area contributed by atoms with E-state index in [0.29, 0.717) is 25.7 Å². The molecule has 5 atom stereocenters. The fraction of sp³-hybridized carbons (Fsp3) is 0.624. The fourth-order valence-electron chi connectivity index (χ4n) is 9.74. The zero-order valence-electron chi connectivity index (χ0n) is 64.4. The summed E-state index contributed by atoms with van der Waals surface area (Å²) in [5, 5.41) is 10.6. The molecular formula is C85H138O17P2. The van der Waals surface area contributed by atoms with Crippen LogP contribution in [0.3, 0.4) is 0 Å². The van der Waals surface area contributed by atoms with Crippen LogP contribution in [0.4, 0.5) is 0 Å². The predicted octanol–water partition coefficient (Wildman–Crippen LogP) is 23.0. The van der Waals surface area contributed by atoms with Gasteiger partial charge in [0.2, 0.25) is 0 Å². The Morgan fingerprint density at radius 2 is 0.500 bits per heavy atom. The first kappa shape index (κ1) is 98.4. The van der Waals surface area contributed by atoms with Crippen molar-refractivity contribution in [1.82, 2.24) is 0 Å². The van der Waals surface area contributed by atoms with Gasteiger partial charge in [0, 0.05) is 25.7 Å². The Balaban J connectivity index is 5.43. The molecule has 0 rings (SSSR count). The Hall–Kier alpha value is -5.58. The van der Waals surface area contributed by atoms with E-state index in [0.717, 1.165) is 193 Å². The summed E-state index contributed by atoms with van der Waals surface area (Å²) in [5.74, 6) is -2.29. The highest BCUT2D eigenvalue weighted by Gasteiger charge is 2.30. The number of hydrogen-bond acceptors (Lipinski definition) is 15. The molecule has 0 aromatic heterocycles. The lowest BCUT2D eigenvalue weighted by atomic mass is 10.1. The van der Waals surface area contributed by atoms with Crippen LogP contribution in [0.15, 0.2) is 170 Å². The summed E-state index contributed by atoms with van der Waals surface area (Å²) in [5.41, 5.74) is 0. The lowest BCUT2D eigenvalue weighted by Crippen LogP contribution is -2.30. The van der Waals surface area contributed by atoms with E-state index in [1.165, 1.54) is 12.8 Å². The number of rotatable bonds is 72. The summed E-state index contributed by atoms with van der Waals surface area (Å²) in [6, 6.07) is 0. The second kappa shape index (κ2) is 75.6. The monoisotopic (exact) mass is 1490 g/mol. The van der Waals surface area contributed by atoms with Crippen molar-refractivity contribution in [3.05, 3.63) is 170 Å². The van der Waals surface area contributed by atoms with E-state index in [9.17, 15) is 43.2 Å². The lowest BCUT2D eigenvalue weighted by molar-refractivity contribution is -0.161. The Bertz CT molecular complexity index is 2640. The summed E-state index contributed by atoms with van der Waals surface area (Å²) in [4.78, 5) is 73.0. The van der Waals surface area contributed by atoms with Gasteiger partial charge in [-0.25, -0.2) is 9.13 Å². The van der Waals surface area contributed by atoms with E-state index in [4.69, 9.17) is 37.0 Å². The van der Waals surface area contributed by atoms with Crippen molar-refractivity contribution in [3.8, 4) is 0 Å². The number of aliphatic hydroxyl groups is 1. The van der Waals surface area contributed by atoms with Gasteiger partial charge in [0.25, 0.3) is 0 Å². The third-order valence-electron chi connectivity index (χ3n) is 15.7. The minimum Gasteiger partial charge on any atom is -0.462 e. The molecule has 104 heavy (non-hydrogen) atoms. The van der Waals surface area contributed by atoms with Crippen molar-refractivity contribution in [2.75, 3.05) is 39.6 Å². The number of carbonyl (C=O) groups excluding carboxylic acids is 4. The fourth-order valence-corrected chi connectivity index (χ4v) is 11.3. The van der Waals surface area contributed by atoms with Crippen LogP contribution in [0.2, 0.25) is 0 Å². The van der Waals surface area contributed by atoms with E-state index in [2.05, 4.69) is 198 Å². The topological polar surface area (TPSA) is 237 Å². The van der Waals surface area contributed by atoms with Gasteiger partial charge in [0.15, 0.2) is 12.2 Å². The first-order chi connectivity index (χ1) is 50.7. The van der Waals surface area contributed by atoms with Crippen molar-refractivity contribution < 1.29 is 80.2 Å². The number of esters is 4. The van der Waals surface area contributed by atoms with Gasteiger partial charge < -0.3 is 33.8 Å². The molecule has 0 radical (unpaired) electrons. The summed E-state index contributed by atoms with van der Waals surface area (Å²) >= 11 is 0. The molecule has 0 aliphatic carbocycles. The van der Waals surface area contributed by atoms with Crippen LogP contribution >= 0.6 is 15.6 Å². The highest BCUT2D eigenvalue weighted by atomic mass is 31.2. The highest BCUT2D eigenvalue weighted by molar-refractivity contribution is 7.47. The number of phosphoric ester groups is 2. The molecule has 0 heterocycles. The van der Waals surface area contributed by atoms with Gasteiger partial charge in [-0.1, -0.05) is 262 Å². The van der Waals surface area contributed by atoms with Gasteiger partial charge in [-0.2, -0.15) is 0 Å². The van der Waals surface area contributed by atoms with Gasteiger partial charge in [-0.3, -0.25) is 37.3 Å². The summed E-state index contributed by atoms with van der Waals surface area (Å²) < 4.78 is 68.5. The number of carbonyl (C=O) groups is 4. The molecule has 0 aromatic carbocycles. The molecule has 19 heteroatoms. The van der Waals surface area contributed by atoms with Crippen molar-refractivity contribution in [3.63, 3.8) is 0 Å². The maximum atomic E-state index is 13.1. The molecule has 3 N–H and O–H groups in total. The Labute approximate surface area is 629 Å². The summed E-state index contributed by atoms with van der Waals surface area (Å²) in [7, 11) is -9.99. The van der Waals surface area contributed by atoms with E-state index in [1.54, 1.807) is 0 Å². The molecular weight excluding hydrogens is 1350 g/mol. The number of allylic oxidation sites excluding steroid dienone is 28. The van der Waals surface area contributed by atoms with Crippen molar-refractivity contribution >= 4 is 39.5 Å². The zero-order chi connectivity index (χ0) is 76.0. The van der Waals surface area contributed by atoms with Crippen LogP contribution in [-0.2, 0) is 65.4 Å². The normalized spacial score (nSPS) is 14.8. The molecule has 0 bridgehead atoms. The molecule has 0 saturated heterocycles. The number of unbranched alkanes of at least 4 members (excludes halogenated alkanes) is 18. The number of phosphoric acid groups is 2. The third kappa shape index (κ3) is 74.7. The van der Waals surface area contributed by atoms with Crippen LogP contribution in [0, 0.1) is 0 Å². The first-order valence-corrected chi connectivity index (χ1v) is 42.4. The molecule has 0 fully saturated rings. The molecule has 0 saturated carbocycles. The average molecular weight is 1490 g/mol. The molecule has 0 aliphatic heterocycles. The standard InChI is InChI=1S/C85H138O17P2/c1-5-9-13-17-21-25-29-32-35-38-39-42-44-47-51-54-58-62-66-70-83(88)96-76-81(102-85(90)72-68-64-60-56-52-48-45-41-37-34-31-27-23-19-15-11-7-3)78-100-104(93,94)98-74-79(86)73-97-103(91,92)99-77-80(101-84(89)71-67-63-59-55-49-28-24-20-16-12-8-4)75-95-82(87)69-65-61-57-53-50-46-43-40-36-33-30-26-22-18-14-10-6-2/h9-11,13-15,20-27,32-37,39,42-43,45-48,51,79-81,86H,5-8,12,16-19,28-31,38,40-41,44,49-50,52-78H2,1-4H3,(H,91,92)(H,93,94)/b13-9-,14-10-,15-11-,24-20-,25-21-,26-22-,27-23-,35-32-,36-33-,37-34-,42-39-,46-43-,48-45-,51-47-. The van der Waals surface area contributed by atoms with Crippen LogP contribution in [0.25, 0.3) is 0 Å². The molecule has 0 amide bonds. The Morgan fingerprint density at radius 1 is 0.279 bits per heavy atom. The average Bonchev–Trinajstić information content (AvgIpc) is 0.931. The maximum absolute atomic E-state index is 13.1. The molecule has 5 unspecified atom stereocenters. The molecule has 17 nitrogen and oxygen atoms in total. The number of hydrogen-bond donors (Lipinski definition) is 3. The number of aliphatic hydroxyl groups excluding tert-OH is 1. The zero-order valence-corrected chi connectivity index (χ0v) is 66.2. The van der Waals surface area contributed by atoms with Crippen molar-refractivity contribution in [1.29, 1.82) is 0 Å². The smallest absolute Gasteiger partial charge is 0.462 e. The van der Waals surface area contributed by atoms with Crippen LogP contribution < -0.4 is 0 Å². The first-order valence-electron chi connectivity index (χ1n) is 39.4. The third-order valence-corrected chi connectivity index (χ3v) is 17.6. The Morgan fingerprint density at radius 3 is 0.788 bits per heavy atom. The van der Waals surface area contributed by atoms with Crippen molar-refractivity contribution in [2.24, 2.45) is 0 Å². The van der Waals surface area contributed by atoms with Gasteiger partial charge in [-0.15, -0.1) is 0 Å². The second-order valence-electron chi connectivity index (χ2n) is 25.5. The largest absolute Gasteiger partial charge is 0.472 e. The summed E-state index contributed by atoms with van der Waals surface area (Å²) in [6.07, 6.45) is 89.1. The second-order valence-corrected chi connectivity index (χ2v) is 28.4. The van der Waals surface area contributed by atoms with Gasteiger partial charge >= 0.3 is 39.5 Å². The molecule has 590 valence electrons. The number of ether oxygens (including phenoxy) is 4. The maximum Gasteiger partial charge on any atom is 0.472 e. The van der Waals surface area contributed by atoms with E-state index < -0.39 is 97.5 Å². The van der Waals surface area contributed by atoms with Gasteiger partial charge in [0.05, 0.1) is 26.4 Å². The minimum atomic E-state index is -5.00. The van der Waals surface area contributed by atoms with Crippen LogP contribution in [-0.4, -0.2) is 96.7 Å². The van der Waals surface area contributed by atoms with Crippen LogP contribution in [0.1, 0.15) is 285 Å². The Kier molecular flexibility index (Phi) is 71.6. The van der Waals surface area contributed by atoms with E-state index in [-0.39, 0.29) is 25.7 Å². The quantitative estimate of drug-likeness (QED) is 0.0169. The molecule has 0 spiro atoms. The highest BCUT2D eigenvalue weighted by Crippen LogP contribution is 2.45.